The van der Waals surface area contributed by atoms with Crippen LogP contribution in [0.1, 0.15) is 30.6 Å². The van der Waals surface area contributed by atoms with Crippen molar-refractivity contribution >= 4 is 17.3 Å². The predicted molar refractivity (Wildman–Crippen MR) is 68.2 cm³/mol. The SMILES string of the molecule is CC1(C)CC1CNc1cc(N)ccc1C(=O)O. The fraction of sp³-hybridized carbons (Fsp3) is 0.462. The summed E-state index contributed by atoms with van der Waals surface area (Å²) in [6.45, 7) is 5.24. The van der Waals surface area contributed by atoms with E-state index in [9.17, 15) is 4.79 Å². The third-order valence-electron chi connectivity index (χ3n) is 3.53. The molecule has 1 saturated carbocycles. The highest BCUT2D eigenvalue weighted by Crippen LogP contribution is 2.51. The van der Waals surface area contributed by atoms with Gasteiger partial charge in [0, 0.05) is 12.2 Å². The Labute approximate surface area is 101 Å². The van der Waals surface area contributed by atoms with Crippen molar-refractivity contribution in [3.8, 4) is 0 Å². The van der Waals surface area contributed by atoms with Crippen molar-refractivity contribution in [2.75, 3.05) is 17.6 Å². The van der Waals surface area contributed by atoms with Crippen LogP contribution in [0.3, 0.4) is 0 Å². The van der Waals surface area contributed by atoms with Crippen LogP contribution < -0.4 is 11.1 Å². The van der Waals surface area contributed by atoms with Gasteiger partial charge >= 0.3 is 5.97 Å². The molecule has 92 valence electrons. The Morgan fingerprint density at radius 1 is 1.59 bits per heavy atom. The molecule has 1 aromatic rings. The molecular formula is C13H18N2O2. The number of nitrogens with two attached hydrogens (primary N) is 1. The molecule has 4 heteroatoms. The summed E-state index contributed by atoms with van der Waals surface area (Å²) in [6.07, 6.45) is 1.19. The van der Waals surface area contributed by atoms with Crippen molar-refractivity contribution in [1.29, 1.82) is 0 Å². The van der Waals surface area contributed by atoms with E-state index in [0.29, 0.717) is 22.7 Å². The summed E-state index contributed by atoms with van der Waals surface area (Å²) in [5.41, 5.74) is 7.52. The molecule has 0 heterocycles. The van der Waals surface area contributed by atoms with Crippen LogP contribution in [-0.2, 0) is 0 Å². The number of hydrogen-bond acceptors (Lipinski definition) is 3. The lowest BCUT2D eigenvalue weighted by Gasteiger charge is -2.11. The Balaban J connectivity index is 2.09. The zero-order chi connectivity index (χ0) is 12.6. The van der Waals surface area contributed by atoms with Crippen LogP contribution in [-0.4, -0.2) is 17.6 Å². The van der Waals surface area contributed by atoms with Gasteiger partial charge in [-0.3, -0.25) is 0 Å². The van der Waals surface area contributed by atoms with Crippen LogP contribution in [0.5, 0.6) is 0 Å². The Morgan fingerprint density at radius 3 is 2.76 bits per heavy atom. The molecule has 1 aliphatic carbocycles. The third-order valence-corrected chi connectivity index (χ3v) is 3.53. The summed E-state index contributed by atoms with van der Waals surface area (Å²) < 4.78 is 0. The maximum absolute atomic E-state index is 11.0. The topological polar surface area (TPSA) is 75.3 Å². The molecular weight excluding hydrogens is 216 g/mol. The molecule has 4 nitrogen and oxygen atoms in total. The van der Waals surface area contributed by atoms with E-state index >= 15 is 0 Å². The Kier molecular flexibility index (Phi) is 2.73. The summed E-state index contributed by atoms with van der Waals surface area (Å²) in [5.74, 6) is -0.312. The van der Waals surface area contributed by atoms with E-state index in [2.05, 4.69) is 19.2 Å². The second-order valence-electron chi connectivity index (χ2n) is 5.38. The summed E-state index contributed by atoms with van der Waals surface area (Å²) in [6, 6.07) is 4.83. The van der Waals surface area contributed by atoms with Gasteiger partial charge in [0.2, 0.25) is 0 Å². The van der Waals surface area contributed by atoms with Crippen molar-refractivity contribution in [3.05, 3.63) is 23.8 Å². The molecule has 0 amide bonds. The quantitative estimate of drug-likeness (QED) is 0.699. The highest BCUT2D eigenvalue weighted by molar-refractivity contribution is 5.95. The van der Waals surface area contributed by atoms with Gasteiger partial charge in [-0.1, -0.05) is 13.8 Å². The van der Waals surface area contributed by atoms with Crippen molar-refractivity contribution < 1.29 is 9.90 Å². The van der Waals surface area contributed by atoms with Gasteiger partial charge in [0.1, 0.15) is 0 Å². The van der Waals surface area contributed by atoms with E-state index < -0.39 is 5.97 Å². The van der Waals surface area contributed by atoms with Crippen LogP contribution in [0, 0.1) is 11.3 Å². The zero-order valence-corrected chi connectivity index (χ0v) is 10.2. The van der Waals surface area contributed by atoms with Crippen molar-refractivity contribution in [1.82, 2.24) is 0 Å². The van der Waals surface area contributed by atoms with Gasteiger partial charge in [0.15, 0.2) is 0 Å². The number of carboxylic acid groups (broad SMARTS) is 1. The first-order valence-electron chi connectivity index (χ1n) is 5.77. The number of hydrogen-bond donors (Lipinski definition) is 3. The largest absolute Gasteiger partial charge is 0.478 e. The first-order chi connectivity index (χ1) is 7.90. The normalized spacial score (nSPS) is 20.9. The van der Waals surface area contributed by atoms with E-state index in [4.69, 9.17) is 10.8 Å². The minimum Gasteiger partial charge on any atom is -0.478 e. The van der Waals surface area contributed by atoms with E-state index in [-0.39, 0.29) is 5.56 Å². The molecule has 1 unspecified atom stereocenters. The third kappa shape index (κ3) is 2.52. The number of aromatic carboxylic acids is 1. The van der Waals surface area contributed by atoms with Crippen LogP contribution in [0.2, 0.25) is 0 Å². The minimum atomic E-state index is -0.928. The van der Waals surface area contributed by atoms with Gasteiger partial charge in [-0.2, -0.15) is 0 Å². The first kappa shape index (κ1) is 11.8. The predicted octanol–water partition coefficient (Wildman–Crippen LogP) is 2.42. The van der Waals surface area contributed by atoms with Crippen LogP contribution >= 0.6 is 0 Å². The average molecular weight is 234 g/mol. The van der Waals surface area contributed by atoms with E-state index in [1.807, 2.05) is 0 Å². The smallest absolute Gasteiger partial charge is 0.337 e. The summed E-state index contributed by atoms with van der Waals surface area (Å²) in [7, 11) is 0. The molecule has 1 aromatic carbocycles. The lowest BCUT2D eigenvalue weighted by molar-refractivity contribution is 0.0698. The molecule has 0 bridgehead atoms. The van der Waals surface area contributed by atoms with Crippen LogP contribution in [0.15, 0.2) is 18.2 Å². The standard InChI is InChI=1S/C13H18N2O2/c1-13(2)6-8(13)7-15-11-5-9(14)3-4-10(11)12(16)17/h3-5,8,15H,6-7,14H2,1-2H3,(H,16,17). The molecule has 2 rings (SSSR count). The lowest BCUT2D eigenvalue weighted by Crippen LogP contribution is -2.11. The van der Waals surface area contributed by atoms with E-state index in [1.165, 1.54) is 12.5 Å². The number of benzene rings is 1. The molecule has 1 aliphatic rings. The van der Waals surface area contributed by atoms with Gasteiger partial charge < -0.3 is 16.2 Å². The maximum atomic E-state index is 11.0. The van der Waals surface area contributed by atoms with Crippen molar-refractivity contribution in [2.24, 2.45) is 11.3 Å². The summed E-state index contributed by atoms with van der Waals surface area (Å²) in [5, 5.41) is 12.3. The number of rotatable bonds is 4. The van der Waals surface area contributed by atoms with Gasteiger partial charge in [0.05, 0.1) is 11.3 Å². The van der Waals surface area contributed by atoms with Crippen LogP contribution in [0.4, 0.5) is 11.4 Å². The van der Waals surface area contributed by atoms with Gasteiger partial charge in [0.25, 0.3) is 0 Å². The fourth-order valence-corrected chi connectivity index (χ4v) is 2.05. The number of anilines is 2. The average Bonchev–Trinajstić information content (AvgIpc) is 2.83. The highest BCUT2D eigenvalue weighted by Gasteiger charge is 2.45. The number of nitrogen functional groups attached to an aromatic ring is 1. The number of carbonyl (C=O) groups is 1. The Hall–Kier alpha value is -1.71. The molecule has 1 fully saturated rings. The first-order valence-corrected chi connectivity index (χ1v) is 5.77. The van der Waals surface area contributed by atoms with Crippen molar-refractivity contribution in [3.63, 3.8) is 0 Å². The summed E-state index contributed by atoms with van der Waals surface area (Å²) >= 11 is 0. The Bertz CT molecular complexity index is 455. The molecule has 17 heavy (non-hydrogen) atoms. The van der Waals surface area contributed by atoms with Gasteiger partial charge in [-0.25, -0.2) is 4.79 Å². The second-order valence-corrected chi connectivity index (χ2v) is 5.38. The zero-order valence-electron chi connectivity index (χ0n) is 10.2. The molecule has 0 aromatic heterocycles. The second kappa shape index (κ2) is 3.95. The van der Waals surface area contributed by atoms with Crippen LogP contribution in [0.25, 0.3) is 0 Å². The summed E-state index contributed by atoms with van der Waals surface area (Å²) in [4.78, 5) is 11.0. The molecule has 0 saturated heterocycles. The molecule has 4 N–H and O–H groups in total. The van der Waals surface area contributed by atoms with Crippen molar-refractivity contribution in [2.45, 2.75) is 20.3 Å². The molecule has 0 spiro atoms. The Morgan fingerprint density at radius 2 is 2.24 bits per heavy atom. The molecule has 0 radical (unpaired) electrons. The fourth-order valence-electron chi connectivity index (χ4n) is 2.05. The number of nitrogens with one attached hydrogen (secondary N) is 1. The number of carboxylic acids is 1. The lowest BCUT2D eigenvalue weighted by atomic mass is 10.1. The van der Waals surface area contributed by atoms with Gasteiger partial charge in [-0.05, 0) is 36.0 Å². The monoisotopic (exact) mass is 234 g/mol. The minimum absolute atomic E-state index is 0.276. The van der Waals surface area contributed by atoms with Gasteiger partial charge in [-0.15, -0.1) is 0 Å². The van der Waals surface area contributed by atoms with E-state index in [0.717, 1.165) is 6.54 Å². The molecule has 1 atom stereocenters. The highest BCUT2D eigenvalue weighted by atomic mass is 16.4. The molecule has 0 aliphatic heterocycles. The maximum Gasteiger partial charge on any atom is 0.337 e. The van der Waals surface area contributed by atoms with E-state index in [1.54, 1.807) is 12.1 Å².